The van der Waals surface area contributed by atoms with Crippen molar-refractivity contribution in [3.05, 3.63) is 53.4 Å². The summed E-state index contributed by atoms with van der Waals surface area (Å²) in [5, 5.41) is 2.15. The van der Waals surface area contributed by atoms with Gasteiger partial charge in [0.1, 0.15) is 6.33 Å². The van der Waals surface area contributed by atoms with Crippen LogP contribution in [0.2, 0.25) is 0 Å². The van der Waals surface area contributed by atoms with E-state index in [2.05, 4.69) is 33.9 Å². The summed E-state index contributed by atoms with van der Waals surface area (Å²) < 4.78 is 2.07. The van der Waals surface area contributed by atoms with Crippen LogP contribution in [0.4, 0.5) is 5.69 Å². The monoisotopic (exact) mass is 223 g/mol. The number of aromatic nitrogens is 2. The predicted molar refractivity (Wildman–Crippen MR) is 69.9 cm³/mol. The van der Waals surface area contributed by atoms with E-state index in [1.54, 1.807) is 0 Å². The number of rotatable bonds is 1. The fourth-order valence-electron chi connectivity index (χ4n) is 1.95. The summed E-state index contributed by atoms with van der Waals surface area (Å²) in [5.41, 5.74) is 7.54. The van der Waals surface area contributed by atoms with Gasteiger partial charge in [-0.15, -0.1) is 0 Å². The number of hydrogen-bond donors (Lipinski definition) is 1. The number of fused-ring (bicyclic) bond motifs is 1. The number of nitrogen functional groups attached to an aromatic ring is 1. The zero-order chi connectivity index (χ0) is 11.7. The van der Waals surface area contributed by atoms with E-state index in [0.29, 0.717) is 0 Å². The Kier molecular flexibility index (Phi) is 2.29. The van der Waals surface area contributed by atoms with Crippen LogP contribution in [0, 0.1) is 0 Å². The SMILES string of the molecule is Nc1ccc(-n2cnc3c2=CC=CCC=3)cc1. The molecule has 1 heterocycles. The molecule has 1 aliphatic carbocycles. The van der Waals surface area contributed by atoms with Crippen LogP contribution in [0.1, 0.15) is 6.42 Å². The number of nitrogens with two attached hydrogens (primary N) is 1. The number of allylic oxidation sites excluding steroid dienone is 2. The van der Waals surface area contributed by atoms with Gasteiger partial charge in [-0.25, -0.2) is 4.98 Å². The van der Waals surface area contributed by atoms with Crippen LogP contribution in [0.3, 0.4) is 0 Å². The van der Waals surface area contributed by atoms with Gasteiger partial charge in [0.2, 0.25) is 0 Å². The van der Waals surface area contributed by atoms with Crippen molar-refractivity contribution in [3.8, 4) is 5.69 Å². The van der Waals surface area contributed by atoms with Crippen molar-refractivity contribution >= 4 is 17.8 Å². The number of nitrogens with zero attached hydrogens (tertiary/aromatic N) is 2. The summed E-state index contributed by atoms with van der Waals surface area (Å²) in [6.07, 6.45) is 11.2. The fourth-order valence-corrected chi connectivity index (χ4v) is 1.95. The fraction of sp³-hybridized carbons (Fsp3) is 0.0714. The van der Waals surface area contributed by atoms with Gasteiger partial charge in [0.15, 0.2) is 0 Å². The number of benzene rings is 1. The smallest absolute Gasteiger partial charge is 0.100 e. The summed E-state index contributed by atoms with van der Waals surface area (Å²) in [6.45, 7) is 0. The average Bonchev–Trinajstić information content (AvgIpc) is 2.60. The number of anilines is 1. The van der Waals surface area contributed by atoms with Gasteiger partial charge in [0, 0.05) is 11.4 Å². The van der Waals surface area contributed by atoms with Crippen molar-refractivity contribution in [1.29, 1.82) is 0 Å². The largest absolute Gasteiger partial charge is 0.399 e. The van der Waals surface area contributed by atoms with E-state index in [4.69, 9.17) is 5.73 Å². The first-order chi connectivity index (χ1) is 8.34. The van der Waals surface area contributed by atoms with Crippen molar-refractivity contribution in [2.24, 2.45) is 0 Å². The van der Waals surface area contributed by atoms with E-state index in [1.165, 1.54) is 0 Å². The minimum atomic E-state index is 0.774. The normalized spacial score (nSPS) is 13.4. The average molecular weight is 223 g/mol. The van der Waals surface area contributed by atoms with Crippen molar-refractivity contribution < 1.29 is 0 Å². The second-order valence-corrected chi connectivity index (χ2v) is 4.01. The van der Waals surface area contributed by atoms with E-state index >= 15 is 0 Å². The molecule has 0 amide bonds. The molecule has 0 saturated carbocycles. The Morgan fingerprint density at radius 1 is 1.18 bits per heavy atom. The van der Waals surface area contributed by atoms with Gasteiger partial charge in [-0.1, -0.05) is 18.2 Å². The molecule has 3 nitrogen and oxygen atoms in total. The Bertz CT molecular complexity index is 675. The minimum absolute atomic E-state index is 0.774. The lowest BCUT2D eigenvalue weighted by molar-refractivity contribution is 1.02. The number of imidazole rings is 1. The summed E-state index contributed by atoms with van der Waals surface area (Å²) in [4.78, 5) is 4.42. The molecule has 0 saturated heterocycles. The number of hydrogen-bond acceptors (Lipinski definition) is 2. The summed E-state index contributed by atoms with van der Waals surface area (Å²) >= 11 is 0. The highest BCUT2D eigenvalue weighted by molar-refractivity contribution is 5.47. The van der Waals surface area contributed by atoms with Crippen molar-refractivity contribution in [2.75, 3.05) is 5.73 Å². The third-order valence-corrected chi connectivity index (χ3v) is 2.84. The standard InChI is InChI=1S/C14H13N3/c15-11-6-8-12(9-7-11)17-10-16-13-4-2-1-3-5-14(13)17/h1,3-10H,2,15H2. The van der Waals surface area contributed by atoms with Crippen LogP contribution in [-0.4, -0.2) is 9.55 Å². The first-order valence-electron chi connectivity index (χ1n) is 5.61. The maximum atomic E-state index is 5.69. The Labute approximate surface area is 99.2 Å². The van der Waals surface area contributed by atoms with Crippen LogP contribution in [-0.2, 0) is 0 Å². The topological polar surface area (TPSA) is 43.8 Å². The lowest BCUT2D eigenvalue weighted by Gasteiger charge is -2.02. The van der Waals surface area contributed by atoms with Gasteiger partial charge in [-0.3, -0.25) is 4.57 Å². The van der Waals surface area contributed by atoms with Gasteiger partial charge in [-0.2, -0.15) is 0 Å². The molecule has 1 aliphatic rings. The van der Waals surface area contributed by atoms with Gasteiger partial charge < -0.3 is 5.73 Å². The van der Waals surface area contributed by atoms with Crippen LogP contribution in [0.25, 0.3) is 17.8 Å². The van der Waals surface area contributed by atoms with E-state index in [9.17, 15) is 0 Å². The molecule has 1 aromatic carbocycles. The first kappa shape index (κ1) is 9.90. The molecule has 17 heavy (non-hydrogen) atoms. The van der Waals surface area contributed by atoms with Gasteiger partial charge in [0.25, 0.3) is 0 Å². The Balaban J connectivity index is 2.23. The second kappa shape index (κ2) is 3.94. The van der Waals surface area contributed by atoms with E-state index in [0.717, 1.165) is 28.5 Å². The molecule has 2 aromatic rings. The highest BCUT2D eigenvalue weighted by Crippen LogP contribution is 2.07. The van der Waals surface area contributed by atoms with Gasteiger partial charge >= 0.3 is 0 Å². The van der Waals surface area contributed by atoms with E-state index in [-0.39, 0.29) is 0 Å². The third-order valence-electron chi connectivity index (χ3n) is 2.84. The summed E-state index contributed by atoms with van der Waals surface area (Å²) in [6, 6.07) is 7.80. The molecule has 0 atom stereocenters. The molecule has 84 valence electrons. The highest BCUT2D eigenvalue weighted by atomic mass is 15.0. The zero-order valence-electron chi connectivity index (χ0n) is 9.38. The summed E-state index contributed by atoms with van der Waals surface area (Å²) in [5.74, 6) is 0. The molecule has 0 unspecified atom stereocenters. The quantitative estimate of drug-likeness (QED) is 0.732. The van der Waals surface area contributed by atoms with E-state index in [1.807, 2.05) is 30.6 Å². The van der Waals surface area contributed by atoms with Crippen molar-refractivity contribution in [1.82, 2.24) is 9.55 Å². The molecule has 0 aliphatic heterocycles. The van der Waals surface area contributed by atoms with Crippen LogP contribution >= 0.6 is 0 Å². The predicted octanol–water partition coefficient (Wildman–Crippen LogP) is 0.975. The molecule has 2 N–H and O–H groups in total. The third kappa shape index (κ3) is 1.76. The Hall–Kier alpha value is -2.29. The summed E-state index contributed by atoms with van der Waals surface area (Å²) in [7, 11) is 0. The van der Waals surface area contributed by atoms with Crippen LogP contribution in [0.5, 0.6) is 0 Å². The lowest BCUT2D eigenvalue weighted by Crippen LogP contribution is -2.28. The highest BCUT2D eigenvalue weighted by Gasteiger charge is 2.01. The molecular weight excluding hydrogens is 210 g/mol. The van der Waals surface area contributed by atoms with Gasteiger partial charge in [0.05, 0.1) is 10.7 Å². The lowest BCUT2D eigenvalue weighted by atomic mass is 10.3. The van der Waals surface area contributed by atoms with Crippen molar-refractivity contribution in [2.45, 2.75) is 6.42 Å². The van der Waals surface area contributed by atoms with Crippen molar-refractivity contribution in [3.63, 3.8) is 0 Å². The maximum absolute atomic E-state index is 5.69. The Morgan fingerprint density at radius 2 is 2.00 bits per heavy atom. The molecule has 3 rings (SSSR count). The minimum Gasteiger partial charge on any atom is -0.399 e. The van der Waals surface area contributed by atoms with Crippen LogP contribution in [0.15, 0.2) is 42.7 Å². The molecule has 1 aromatic heterocycles. The zero-order valence-corrected chi connectivity index (χ0v) is 9.38. The molecule has 0 fully saturated rings. The van der Waals surface area contributed by atoms with Crippen LogP contribution < -0.4 is 16.4 Å². The Morgan fingerprint density at radius 3 is 2.82 bits per heavy atom. The van der Waals surface area contributed by atoms with Gasteiger partial charge in [-0.05, 0) is 36.8 Å². The molecule has 0 radical (unpaired) electrons. The molecule has 0 bridgehead atoms. The molecule has 0 spiro atoms. The molecular formula is C14H13N3. The van der Waals surface area contributed by atoms with E-state index < -0.39 is 0 Å². The maximum Gasteiger partial charge on any atom is 0.100 e. The molecule has 3 heteroatoms. The first-order valence-corrected chi connectivity index (χ1v) is 5.61. The second-order valence-electron chi connectivity index (χ2n) is 4.01.